The minimum Gasteiger partial charge on any atom is -0.512 e. The molecular weight excluding hydrogens is 172 g/mol. The topological polar surface area (TPSA) is 20.2 Å². The van der Waals surface area contributed by atoms with Crippen LogP contribution >= 0.6 is 0 Å². The first-order valence-corrected chi connectivity index (χ1v) is 5.21. The maximum Gasteiger partial charge on any atom is 0.0926 e. The van der Waals surface area contributed by atoms with Crippen LogP contribution in [0.3, 0.4) is 0 Å². The van der Waals surface area contributed by atoms with E-state index in [4.69, 9.17) is 0 Å². The first kappa shape index (κ1) is 9.32. The minimum atomic E-state index is 0.511. The summed E-state index contributed by atoms with van der Waals surface area (Å²) in [5.41, 5.74) is 4.30. The predicted octanol–water partition coefficient (Wildman–Crippen LogP) is 3.82. The fraction of sp³-hybridized carbons (Fsp3) is 0.385. The van der Waals surface area contributed by atoms with Crippen molar-refractivity contribution >= 4 is 0 Å². The first-order valence-electron chi connectivity index (χ1n) is 5.21. The highest BCUT2D eigenvalue weighted by Gasteiger charge is 2.11. The number of aliphatic hydroxyl groups excluding tert-OH is 1. The average molecular weight is 188 g/mol. The highest BCUT2D eigenvalue weighted by atomic mass is 16.3. The third kappa shape index (κ3) is 1.98. The molecule has 0 heterocycles. The Morgan fingerprint density at radius 1 is 0.857 bits per heavy atom. The molecule has 0 unspecified atom stereocenters. The van der Waals surface area contributed by atoms with Crippen molar-refractivity contribution in [2.45, 2.75) is 32.6 Å². The normalized spacial score (nSPS) is 22.1. The van der Waals surface area contributed by atoms with Gasteiger partial charge in [-0.2, -0.15) is 0 Å². The molecule has 1 heteroatoms. The Kier molecular flexibility index (Phi) is 2.58. The van der Waals surface area contributed by atoms with Crippen LogP contribution in [0, 0.1) is 0 Å². The van der Waals surface area contributed by atoms with Crippen LogP contribution < -0.4 is 0 Å². The molecule has 0 aromatic rings. The first-order chi connectivity index (χ1) is 6.75. The molecule has 0 atom stereocenters. The summed E-state index contributed by atoms with van der Waals surface area (Å²) in [6.07, 6.45) is 12.4. The van der Waals surface area contributed by atoms with Crippen molar-refractivity contribution in [3.63, 3.8) is 0 Å². The molecular formula is C13H16O. The molecule has 2 aliphatic carbocycles. The summed E-state index contributed by atoms with van der Waals surface area (Å²) in [6.45, 7) is 2.17. The van der Waals surface area contributed by atoms with Crippen LogP contribution in [-0.2, 0) is 0 Å². The van der Waals surface area contributed by atoms with E-state index in [0.29, 0.717) is 5.76 Å². The molecule has 74 valence electrons. The van der Waals surface area contributed by atoms with Gasteiger partial charge in [-0.05, 0) is 43.4 Å². The summed E-state index contributed by atoms with van der Waals surface area (Å²) in [4.78, 5) is 0. The van der Waals surface area contributed by atoms with Gasteiger partial charge in [-0.15, -0.1) is 0 Å². The molecule has 0 amide bonds. The molecule has 0 bridgehead atoms. The zero-order valence-electron chi connectivity index (χ0n) is 8.59. The Bertz CT molecular complexity index is 317. The van der Waals surface area contributed by atoms with E-state index >= 15 is 0 Å². The van der Waals surface area contributed by atoms with Crippen molar-refractivity contribution < 1.29 is 5.11 Å². The summed E-state index contributed by atoms with van der Waals surface area (Å²) in [5, 5.41) is 9.25. The van der Waals surface area contributed by atoms with E-state index in [1.807, 2.05) is 6.08 Å². The van der Waals surface area contributed by atoms with Gasteiger partial charge in [-0.1, -0.05) is 23.8 Å². The Hall–Kier alpha value is -1.24. The van der Waals surface area contributed by atoms with Gasteiger partial charge < -0.3 is 5.11 Å². The van der Waals surface area contributed by atoms with Gasteiger partial charge in [-0.25, -0.2) is 0 Å². The van der Waals surface area contributed by atoms with Crippen molar-refractivity contribution in [2.24, 2.45) is 0 Å². The van der Waals surface area contributed by atoms with Gasteiger partial charge in [0.05, 0.1) is 5.76 Å². The average Bonchev–Trinajstić information content (AvgIpc) is 2.21. The molecule has 2 rings (SSSR count). The number of hydrogen-bond acceptors (Lipinski definition) is 1. The number of rotatable bonds is 1. The molecule has 0 aromatic carbocycles. The van der Waals surface area contributed by atoms with Crippen LogP contribution in [0.2, 0.25) is 0 Å². The minimum absolute atomic E-state index is 0.511. The lowest BCUT2D eigenvalue weighted by molar-refractivity contribution is 0.386. The zero-order chi connectivity index (χ0) is 9.97. The van der Waals surface area contributed by atoms with E-state index in [0.717, 1.165) is 19.3 Å². The lowest BCUT2D eigenvalue weighted by atomic mass is 9.89. The van der Waals surface area contributed by atoms with Crippen LogP contribution in [0.4, 0.5) is 0 Å². The van der Waals surface area contributed by atoms with Gasteiger partial charge in [0.15, 0.2) is 0 Å². The second kappa shape index (κ2) is 3.87. The zero-order valence-corrected chi connectivity index (χ0v) is 8.59. The van der Waals surface area contributed by atoms with Gasteiger partial charge in [0.2, 0.25) is 0 Å². The number of hydrogen-bond donors (Lipinski definition) is 1. The molecule has 0 radical (unpaired) electrons. The maximum absolute atomic E-state index is 9.25. The predicted molar refractivity (Wildman–Crippen MR) is 59.1 cm³/mol. The highest BCUT2D eigenvalue weighted by Crippen LogP contribution is 2.29. The largest absolute Gasteiger partial charge is 0.512 e. The molecule has 1 N–H and O–H groups in total. The van der Waals surface area contributed by atoms with Crippen LogP contribution in [0.5, 0.6) is 0 Å². The Morgan fingerprint density at radius 2 is 1.50 bits per heavy atom. The van der Waals surface area contributed by atoms with E-state index in [1.165, 1.54) is 23.1 Å². The quantitative estimate of drug-likeness (QED) is 0.663. The third-order valence-corrected chi connectivity index (χ3v) is 2.90. The van der Waals surface area contributed by atoms with E-state index < -0.39 is 0 Å². The van der Waals surface area contributed by atoms with E-state index in [2.05, 4.69) is 25.2 Å². The molecule has 0 spiro atoms. The van der Waals surface area contributed by atoms with Crippen molar-refractivity contribution in [2.75, 3.05) is 0 Å². The van der Waals surface area contributed by atoms with Crippen LogP contribution in [-0.4, -0.2) is 5.11 Å². The fourth-order valence-corrected chi connectivity index (χ4v) is 1.90. The third-order valence-electron chi connectivity index (χ3n) is 2.90. The molecule has 0 saturated carbocycles. The second-order valence-electron chi connectivity index (χ2n) is 4.05. The maximum atomic E-state index is 9.25. The SMILES string of the molecule is CC1=CC=C(C2=CC=C(O)CC2)CC1. The van der Waals surface area contributed by atoms with E-state index in [-0.39, 0.29) is 0 Å². The molecule has 1 nitrogen and oxygen atoms in total. The number of aliphatic hydroxyl groups is 1. The Labute approximate surface area is 85.1 Å². The van der Waals surface area contributed by atoms with Gasteiger partial charge in [-0.3, -0.25) is 0 Å². The summed E-state index contributed by atoms with van der Waals surface area (Å²) in [5.74, 6) is 0.511. The highest BCUT2D eigenvalue weighted by molar-refractivity contribution is 5.41. The van der Waals surface area contributed by atoms with Crippen molar-refractivity contribution in [1.82, 2.24) is 0 Å². The van der Waals surface area contributed by atoms with Gasteiger partial charge >= 0.3 is 0 Å². The van der Waals surface area contributed by atoms with E-state index in [1.54, 1.807) is 0 Å². The van der Waals surface area contributed by atoms with Gasteiger partial charge in [0, 0.05) is 6.42 Å². The monoisotopic (exact) mass is 188 g/mol. The summed E-state index contributed by atoms with van der Waals surface area (Å²) < 4.78 is 0. The molecule has 14 heavy (non-hydrogen) atoms. The molecule has 0 aromatic heterocycles. The lowest BCUT2D eigenvalue weighted by Crippen LogP contribution is -1.99. The smallest absolute Gasteiger partial charge is 0.0926 e. The Morgan fingerprint density at radius 3 is 2.00 bits per heavy atom. The van der Waals surface area contributed by atoms with Crippen LogP contribution in [0.1, 0.15) is 32.6 Å². The van der Waals surface area contributed by atoms with Crippen molar-refractivity contribution in [1.29, 1.82) is 0 Å². The van der Waals surface area contributed by atoms with Crippen molar-refractivity contribution in [3.8, 4) is 0 Å². The fourth-order valence-electron chi connectivity index (χ4n) is 1.90. The standard InChI is InChI=1S/C13H16O/c1-10-2-4-11(5-3-10)12-6-8-13(14)9-7-12/h2,4,6,8,14H,3,5,7,9H2,1H3. The molecule has 0 saturated heterocycles. The molecule has 0 aliphatic heterocycles. The van der Waals surface area contributed by atoms with Crippen molar-refractivity contribution in [3.05, 3.63) is 46.8 Å². The molecule has 2 aliphatic rings. The van der Waals surface area contributed by atoms with Gasteiger partial charge in [0.1, 0.15) is 0 Å². The second-order valence-corrected chi connectivity index (χ2v) is 4.05. The van der Waals surface area contributed by atoms with Gasteiger partial charge in [0.25, 0.3) is 0 Å². The lowest BCUT2D eigenvalue weighted by Gasteiger charge is -2.17. The summed E-state index contributed by atoms with van der Waals surface area (Å²) in [6, 6.07) is 0. The number of allylic oxidation sites excluding steroid dienone is 8. The summed E-state index contributed by atoms with van der Waals surface area (Å²) in [7, 11) is 0. The van der Waals surface area contributed by atoms with Crippen LogP contribution in [0.25, 0.3) is 0 Å². The summed E-state index contributed by atoms with van der Waals surface area (Å²) >= 11 is 0. The molecule has 0 fully saturated rings. The van der Waals surface area contributed by atoms with E-state index in [9.17, 15) is 5.11 Å². The Balaban J connectivity index is 2.17. The van der Waals surface area contributed by atoms with Crippen LogP contribution in [0.15, 0.2) is 46.8 Å².